The van der Waals surface area contributed by atoms with Gasteiger partial charge in [0.15, 0.2) is 0 Å². The van der Waals surface area contributed by atoms with Crippen LogP contribution in [-0.4, -0.2) is 42.8 Å². The van der Waals surface area contributed by atoms with Crippen LogP contribution in [0.2, 0.25) is 0 Å². The van der Waals surface area contributed by atoms with Gasteiger partial charge in [-0.25, -0.2) is 0 Å². The minimum absolute atomic E-state index is 0.243. The Balaban J connectivity index is 2.59. The summed E-state index contributed by atoms with van der Waals surface area (Å²) in [5.74, 6) is 0. The average Bonchev–Trinajstić information content (AvgIpc) is 2.28. The molecule has 2 N–H and O–H groups in total. The Hall–Kier alpha value is -0.900. The van der Waals surface area contributed by atoms with E-state index in [0.717, 1.165) is 0 Å². The molecule has 1 aromatic carbocycles. The lowest BCUT2D eigenvalue weighted by atomic mass is 10.0. The molecule has 3 nitrogen and oxygen atoms in total. The van der Waals surface area contributed by atoms with Crippen molar-refractivity contribution in [3.63, 3.8) is 0 Å². The Labute approximate surface area is 117 Å². The second kappa shape index (κ2) is 6.51. The molecule has 0 aliphatic carbocycles. The van der Waals surface area contributed by atoms with E-state index in [1.54, 1.807) is 0 Å². The molecule has 2 unspecified atom stereocenters. The quantitative estimate of drug-likeness (QED) is 0.827. The van der Waals surface area contributed by atoms with Crippen LogP contribution in [0.1, 0.15) is 36.6 Å². The third-order valence-corrected chi connectivity index (χ3v) is 3.48. The SMILES string of the molecule is Cc1ccc(C(C)NCC(C)(O)CN(C)C)cc1C. The fourth-order valence-corrected chi connectivity index (χ4v) is 2.26. The summed E-state index contributed by atoms with van der Waals surface area (Å²) in [4.78, 5) is 2.00. The highest BCUT2D eigenvalue weighted by molar-refractivity contribution is 5.31. The molecule has 1 rings (SSSR count). The molecule has 1 aromatic rings. The zero-order valence-electron chi connectivity index (χ0n) is 13.1. The third-order valence-electron chi connectivity index (χ3n) is 3.48. The first kappa shape index (κ1) is 16.2. The van der Waals surface area contributed by atoms with E-state index in [1.807, 2.05) is 25.9 Å². The molecule has 2 atom stereocenters. The summed E-state index contributed by atoms with van der Waals surface area (Å²) in [6, 6.07) is 6.77. The number of likely N-dealkylation sites (N-methyl/N-ethyl adjacent to an activating group) is 1. The lowest BCUT2D eigenvalue weighted by molar-refractivity contribution is 0.0317. The summed E-state index contributed by atoms with van der Waals surface area (Å²) in [6.07, 6.45) is 0. The fraction of sp³-hybridized carbons (Fsp3) is 0.625. The maximum Gasteiger partial charge on any atom is 0.0869 e. The predicted molar refractivity (Wildman–Crippen MR) is 81.5 cm³/mol. The van der Waals surface area contributed by atoms with Gasteiger partial charge in [0.25, 0.3) is 0 Å². The van der Waals surface area contributed by atoms with Gasteiger partial charge in [-0.2, -0.15) is 0 Å². The fourth-order valence-electron chi connectivity index (χ4n) is 2.26. The zero-order chi connectivity index (χ0) is 14.6. The summed E-state index contributed by atoms with van der Waals surface area (Å²) in [5.41, 5.74) is 3.18. The molecule has 0 radical (unpaired) electrons. The molecule has 3 heteroatoms. The predicted octanol–water partition coefficient (Wildman–Crippen LogP) is 2.27. The number of hydrogen-bond donors (Lipinski definition) is 2. The van der Waals surface area contributed by atoms with E-state index in [4.69, 9.17) is 0 Å². The maximum absolute atomic E-state index is 10.3. The molecule has 0 heterocycles. The topological polar surface area (TPSA) is 35.5 Å². The van der Waals surface area contributed by atoms with Crippen molar-refractivity contribution in [2.24, 2.45) is 0 Å². The summed E-state index contributed by atoms with van der Waals surface area (Å²) < 4.78 is 0. The van der Waals surface area contributed by atoms with Crippen molar-refractivity contribution in [1.82, 2.24) is 10.2 Å². The normalized spacial score (nSPS) is 16.4. The van der Waals surface area contributed by atoms with Crippen LogP contribution in [0.25, 0.3) is 0 Å². The van der Waals surface area contributed by atoms with E-state index >= 15 is 0 Å². The van der Waals surface area contributed by atoms with Gasteiger partial charge < -0.3 is 15.3 Å². The monoisotopic (exact) mass is 264 g/mol. The minimum Gasteiger partial charge on any atom is -0.388 e. The highest BCUT2D eigenvalue weighted by Crippen LogP contribution is 2.17. The Morgan fingerprint density at radius 3 is 2.42 bits per heavy atom. The Kier molecular flexibility index (Phi) is 5.53. The second-order valence-electron chi connectivity index (χ2n) is 6.18. The largest absolute Gasteiger partial charge is 0.388 e. The lowest BCUT2D eigenvalue weighted by Gasteiger charge is -2.29. The van der Waals surface area contributed by atoms with Crippen molar-refractivity contribution in [1.29, 1.82) is 0 Å². The van der Waals surface area contributed by atoms with Gasteiger partial charge in [0, 0.05) is 19.1 Å². The Morgan fingerprint density at radius 2 is 1.89 bits per heavy atom. The van der Waals surface area contributed by atoms with Crippen molar-refractivity contribution >= 4 is 0 Å². The molecule has 0 spiro atoms. The molecule has 0 aliphatic rings. The molecule has 0 aromatic heterocycles. The second-order valence-corrected chi connectivity index (χ2v) is 6.18. The van der Waals surface area contributed by atoms with Crippen LogP contribution in [0.4, 0.5) is 0 Å². The lowest BCUT2D eigenvalue weighted by Crippen LogP contribution is -2.46. The van der Waals surface area contributed by atoms with Crippen LogP contribution >= 0.6 is 0 Å². The van der Waals surface area contributed by atoms with Crippen LogP contribution in [0.15, 0.2) is 18.2 Å². The van der Waals surface area contributed by atoms with Crippen molar-refractivity contribution in [2.45, 2.75) is 39.3 Å². The van der Waals surface area contributed by atoms with Crippen molar-refractivity contribution in [3.8, 4) is 0 Å². The number of hydrogen-bond acceptors (Lipinski definition) is 3. The molecule has 0 saturated heterocycles. The van der Waals surface area contributed by atoms with Gasteiger partial charge in [0.1, 0.15) is 0 Å². The van der Waals surface area contributed by atoms with Gasteiger partial charge in [-0.05, 0) is 58.5 Å². The summed E-state index contributed by atoms with van der Waals surface area (Å²) in [6.45, 7) is 9.49. The van der Waals surface area contributed by atoms with E-state index < -0.39 is 5.60 Å². The molecule has 0 bridgehead atoms. The van der Waals surface area contributed by atoms with E-state index in [0.29, 0.717) is 13.1 Å². The Morgan fingerprint density at radius 1 is 1.26 bits per heavy atom. The molecular formula is C16H28N2O. The zero-order valence-corrected chi connectivity index (χ0v) is 13.1. The number of aliphatic hydroxyl groups is 1. The summed E-state index contributed by atoms with van der Waals surface area (Å²) in [7, 11) is 3.95. The molecule has 0 saturated carbocycles. The molecule has 0 amide bonds. The third kappa shape index (κ3) is 5.31. The molecular weight excluding hydrogens is 236 g/mol. The highest BCUT2D eigenvalue weighted by Gasteiger charge is 2.22. The molecule has 19 heavy (non-hydrogen) atoms. The maximum atomic E-state index is 10.3. The number of benzene rings is 1. The van der Waals surface area contributed by atoms with Crippen LogP contribution in [0.3, 0.4) is 0 Å². The molecule has 108 valence electrons. The van der Waals surface area contributed by atoms with Crippen LogP contribution in [-0.2, 0) is 0 Å². The van der Waals surface area contributed by atoms with Gasteiger partial charge >= 0.3 is 0 Å². The summed E-state index contributed by atoms with van der Waals surface area (Å²) in [5, 5.41) is 13.7. The highest BCUT2D eigenvalue weighted by atomic mass is 16.3. The van der Waals surface area contributed by atoms with Gasteiger partial charge in [-0.1, -0.05) is 18.2 Å². The van der Waals surface area contributed by atoms with E-state index in [9.17, 15) is 5.11 Å². The number of rotatable bonds is 6. The molecule has 0 aliphatic heterocycles. The minimum atomic E-state index is -0.711. The molecule has 0 fully saturated rings. The van der Waals surface area contributed by atoms with E-state index in [1.165, 1.54) is 16.7 Å². The first-order chi connectivity index (χ1) is 8.71. The Bertz CT molecular complexity index is 413. The van der Waals surface area contributed by atoms with Gasteiger partial charge in [-0.3, -0.25) is 0 Å². The van der Waals surface area contributed by atoms with Crippen molar-refractivity contribution < 1.29 is 5.11 Å². The number of nitrogens with zero attached hydrogens (tertiary/aromatic N) is 1. The van der Waals surface area contributed by atoms with E-state index in [-0.39, 0.29) is 6.04 Å². The standard InChI is InChI=1S/C16H28N2O/c1-12-7-8-15(9-13(12)2)14(3)17-10-16(4,19)11-18(5)6/h7-9,14,17,19H,10-11H2,1-6H3. The van der Waals surface area contributed by atoms with Gasteiger partial charge in [0.05, 0.1) is 5.60 Å². The van der Waals surface area contributed by atoms with Crippen LogP contribution in [0, 0.1) is 13.8 Å². The summed E-state index contributed by atoms with van der Waals surface area (Å²) >= 11 is 0. The average molecular weight is 264 g/mol. The first-order valence-electron chi connectivity index (χ1n) is 6.89. The smallest absolute Gasteiger partial charge is 0.0869 e. The first-order valence-corrected chi connectivity index (χ1v) is 6.89. The van der Waals surface area contributed by atoms with Crippen LogP contribution in [0.5, 0.6) is 0 Å². The van der Waals surface area contributed by atoms with Crippen molar-refractivity contribution in [2.75, 3.05) is 27.2 Å². The van der Waals surface area contributed by atoms with Crippen molar-refractivity contribution in [3.05, 3.63) is 34.9 Å². The number of aryl methyl sites for hydroxylation is 2. The number of nitrogens with one attached hydrogen (secondary N) is 1. The van der Waals surface area contributed by atoms with E-state index in [2.05, 4.69) is 44.3 Å². The van der Waals surface area contributed by atoms with Gasteiger partial charge in [-0.15, -0.1) is 0 Å². The van der Waals surface area contributed by atoms with Gasteiger partial charge in [0.2, 0.25) is 0 Å². The van der Waals surface area contributed by atoms with Crippen LogP contribution < -0.4 is 5.32 Å².